The summed E-state index contributed by atoms with van der Waals surface area (Å²) >= 11 is 1.65. The molecule has 1 aromatic rings. The standard InChI is InChI=1S/C20H33N2SSi.CH3.2ClH.Ti/c1-14-13-17-18(19(14)24(6,7)21-20(3,4)5)23-15(2)22(17)16-11-9-8-10-12-16;;;;/h8-12,14-15,17-19H,13H2,1-7H3;1H3;2*1H;/q2*-1;;;+2/p-2. The summed E-state index contributed by atoms with van der Waals surface area (Å²) in [6.45, 7) is 16.6. The zero-order valence-corrected chi connectivity index (χ0v) is 23.4. The van der Waals surface area contributed by atoms with E-state index in [-0.39, 0.29) is 13.0 Å². The second-order valence-electron chi connectivity index (χ2n) is 9.26. The third-order valence-corrected chi connectivity index (χ3v) is 11.1. The van der Waals surface area contributed by atoms with Crippen molar-refractivity contribution in [3.05, 3.63) is 42.7 Å². The van der Waals surface area contributed by atoms with Gasteiger partial charge in [0.25, 0.3) is 0 Å². The number of nitrogens with zero attached hydrogens (tertiary/aromatic N) is 2. The van der Waals surface area contributed by atoms with Gasteiger partial charge in [0, 0.05) is 17.0 Å². The Labute approximate surface area is 195 Å². The molecule has 0 bridgehead atoms. The third kappa shape index (κ3) is 6.42. The number of rotatable bonds is 3. The van der Waals surface area contributed by atoms with E-state index in [0.29, 0.717) is 11.4 Å². The van der Waals surface area contributed by atoms with E-state index in [4.69, 9.17) is 23.6 Å². The fourth-order valence-corrected chi connectivity index (χ4v) is 12.7. The van der Waals surface area contributed by atoms with Crippen molar-refractivity contribution in [3.8, 4) is 0 Å². The second-order valence-corrected chi connectivity index (χ2v) is 17.5. The summed E-state index contributed by atoms with van der Waals surface area (Å²) < 4.78 is 0. The van der Waals surface area contributed by atoms with Gasteiger partial charge in [0.2, 0.25) is 0 Å². The Kier molecular flexibility index (Phi) is 10.5. The van der Waals surface area contributed by atoms with Crippen molar-refractivity contribution in [2.45, 2.75) is 81.9 Å². The van der Waals surface area contributed by atoms with Crippen LogP contribution in [0.5, 0.6) is 0 Å². The average molecular weight is 495 g/mol. The molecule has 160 valence electrons. The molecule has 0 amide bonds. The van der Waals surface area contributed by atoms with Crippen LogP contribution < -0.4 is 4.90 Å². The summed E-state index contributed by atoms with van der Waals surface area (Å²) in [4.78, 5) is 8.05. The van der Waals surface area contributed by atoms with Gasteiger partial charge in [-0.25, -0.2) is 0 Å². The van der Waals surface area contributed by atoms with Gasteiger partial charge in [-0.3, -0.25) is 0 Å². The Bertz CT molecular complexity index is 600. The Hall–Kier alpha value is 0.841. The molecule has 1 aromatic carbocycles. The van der Waals surface area contributed by atoms with E-state index in [2.05, 4.69) is 94.7 Å². The minimum atomic E-state index is -1.64. The van der Waals surface area contributed by atoms with Gasteiger partial charge in [0.05, 0.1) is 5.37 Å². The second kappa shape index (κ2) is 10.9. The minimum absolute atomic E-state index is 0. The zero-order chi connectivity index (χ0) is 20.4. The van der Waals surface area contributed by atoms with E-state index in [1.54, 1.807) is 0 Å². The number of para-hydroxylation sites is 1. The van der Waals surface area contributed by atoms with Crippen LogP contribution in [0.3, 0.4) is 0 Å². The molecule has 1 aliphatic carbocycles. The summed E-state index contributed by atoms with van der Waals surface area (Å²) in [5.74, 6) is 0.777. The predicted octanol–water partition coefficient (Wildman–Crippen LogP) is 7.94. The van der Waals surface area contributed by atoms with E-state index in [9.17, 15) is 0 Å². The molecule has 1 saturated carbocycles. The first-order valence-corrected chi connectivity index (χ1v) is 18.0. The monoisotopic (exact) mass is 494 g/mol. The number of fused-ring (bicyclic) bond motifs is 1. The zero-order valence-electron chi connectivity index (χ0n) is 18.5. The summed E-state index contributed by atoms with van der Waals surface area (Å²) in [6, 6.07) is 11.7. The topological polar surface area (TPSA) is 17.3 Å². The van der Waals surface area contributed by atoms with Gasteiger partial charge in [-0.1, -0.05) is 67.2 Å². The Morgan fingerprint density at radius 1 is 1.14 bits per heavy atom. The fourth-order valence-electron chi connectivity index (χ4n) is 5.27. The van der Waals surface area contributed by atoms with Crippen molar-refractivity contribution >= 4 is 44.3 Å². The normalized spacial score (nSPS) is 29.5. The molecular weight excluding hydrogens is 459 g/mol. The van der Waals surface area contributed by atoms with Crippen LogP contribution in [-0.2, 0) is 17.0 Å². The molecule has 1 aliphatic heterocycles. The summed E-state index contributed by atoms with van der Waals surface area (Å²) in [6.07, 6.45) is 1.32. The number of anilines is 1. The van der Waals surface area contributed by atoms with Crippen molar-refractivity contribution in [2.24, 2.45) is 5.92 Å². The van der Waals surface area contributed by atoms with Crippen LogP contribution in [0, 0.1) is 13.3 Å². The van der Waals surface area contributed by atoms with Gasteiger partial charge in [0.1, 0.15) is 0 Å². The van der Waals surface area contributed by atoms with Crippen LogP contribution in [0.1, 0.15) is 41.0 Å². The fraction of sp³-hybridized carbons (Fsp3) is 0.667. The number of hydrogen-bond donors (Lipinski definition) is 0. The maximum atomic E-state index is 5.36. The van der Waals surface area contributed by atoms with Crippen LogP contribution in [0.4, 0.5) is 5.69 Å². The van der Waals surface area contributed by atoms with Crippen molar-refractivity contribution in [1.29, 1.82) is 0 Å². The van der Waals surface area contributed by atoms with Gasteiger partial charge >= 0.3 is 35.6 Å². The summed E-state index contributed by atoms with van der Waals surface area (Å²) in [5, 5.41) is 1.31. The van der Waals surface area contributed by atoms with Gasteiger partial charge in [-0.2, -0.15) is 0 Å². The molecule has 28 heavy (non-hydrogen) atoms. The first-order valence-electron chi connectivity index (χ1n) is 9.71. The van der Waals surface area contributed by atoms with Crippen LogP contribution in [0.25, 0.3) is 4.98 Å². The summed E-state index contributed by atoms with van der Waals surface area (Å²) in [7, 11) is 8.14. The molecule has 0 aromatic heterocycles. The first kappa shape index (κ1) is 26.9. The number of benzene rings is 1. The van der Waals surface area contributed by atoms with Crippen molar-refractivity contribution in [2.75, 3.05) is 4.90 Å². The molecule has 3 rings (SSSR count). The van der Waals surface area contributed by atoms with Crippen molar-refractivity contribution < 1.29 is 17.0 Å². The van der Waals surface area contributed by atoms with Crippen molar-refractivity contribution in [3.63, 3.8) is 0 Å². The average Bonchev–Trinajstić information content (AvgIpc) is 2.99. The van der Waals surface area contributed by atoms with Crippen LogP contribution in [0.15, 0.2) is 30.3 Å². The number of halogens is 2. The SMILES string of the molecule is CC1CC2C(SC(C)N2c2ccccc2)C1[Si](C)(C)[N-]C(C)(C)C.[CH3-].[Cl][Ti][Cl]. The molecule has 2 aliphatic rings. The first-order chi connectivity index (χ1) is 12.5. The molecule has 7 heteroatoms. The van der Waals surface area contributed by atoms with E-state index in [1.165, 1.54) is 12.1 Å². The Balaban J connectivity index is 0.000000921. The van der Waals surface area contributed by atoms with E-state index < -0.39 is 25.3 Å². The van der Waals surface area contributed by atoms with Gasteiger partial charge < -0.3 is 17.3 Å². The molecular formula is C21H36Cl2N2SSiTi-2. The molecule has 5 unspecified atom stereocenters. The predicted molar refractivity (Wildman–Crippen MR) is 130 cm³/mol. The number of hydrogen-bond acceptors (Lipinski definition) is 2. The molecule has 2 fully saturated rings. The summed E-state index contributed by atoms with van der Waals surface area (Å²) in [5.41, 5.74) is 2.26. The Morgan fingerprint density at radius 2 is 1.68 bits per heavy atom. The van der Waals surface area contributed by atoms with E-state index >= 15 is 0 Å². The van der Waals surface area contributed by atoms with Crippen LogP contribution in [0.2, 0.25) is 18.6 Å². The van der Waals surface area contributed by atoms with Gasteiger partial charge in [-0.15, -0.1) is 17.3 Å². The molecule has 0 N–H and O–H groups in total. The molecule has 2 nitrogen and oxygen atoms in total. The molecule has 1 saturated heterocycles. The van der Waals surface area contributed by atoms with Gasteiger partial charge in [0.15, 0.2) is 0 Å². The number of thioether (sulfide) groups is 1. The third-order valence-electron chi connectivity index (χ3n) is 5.56. The molecule has 1 heterocycles. The van der Waals surface area contributed by atoms with Crippen LogP contribution in [-0.4, -0.2) is 30.4 Å². The van der Waals surface area contributed by atoms with Gasteiger partial charge in [-0.05, 0) is 36.9 Å². The quantitative estimate of drug-likeness (QED) is 0.313. The van der Waals surface area contributed by atoms with E-state index in [1.807, 2.05) is 0 Å². The Morgan fingerprint density at radius 3 is 2.18 bits per heavy atom. The molecule has 0 radical (unpaired) electrons. The molecule has 0 spiro atoms. The van der Waals surface area contributed by atoms with Crippen molar-refractivity contribution in [1.82, 2.24) is 0 Å². The molecule has 5 atom stereocenters. The van der Waals surface area contributed by atoms with Crippen LogP contribution >= 0.6 is 30.4 Å². The maximum absolute atomic E-state index is 5.36. The van der Waals surface area contributed by atoms with E-state index in [0.717, 1.165) is 16.7 Å².